The van der Waals surface area contributed by atoms with E-state index in [1.165, 1.54) is 0 Å². The minimum Gasteiger partial charge on any atom is -0.321 e. The lowest BCUT2D eigenvalue weighted by atomic mass is 10.1. The van der Waals surface area contributed by atoms with Crippen LogP contribution >= 0.6 is 0 Å². The van der Waals surface area contributed by atoms with Crippen LogP contribution in [0.2, 0.25) is 0 Å². The summed E-state index contributed by atoms with van der Waals surface area (Å²) in [6.45, 7) is 3.24. The molecule has 6 heteroatoms. The highest BCUT2D eigenvalue weighted by Crippen LogP contribution is 1.99. The van der Waals surface area contributed by atoms with Gasteiger partial charge in [-0.15, -0.1) is 0 Å². The Kier molecular flexibility index (Phi) is 4.82. The second-order valence-corrected chi connectivity index (χ2v) is 4.21. The van der Waals surface area contributed by atoms with E-state index < -0.39 is 16.2 Å². The van der Waals surface area contributed by atoms with Crippen LogP contribution in [0.25, 0.3) is 0 Å². The first kappa shape index (κ1) is 12.3. The van der Waals surface area contributed by atoms with E-state index in [-0.39, 0.29) is 24.4 Å². The van der Waals surface area contributed by atoms with E-state index in [4.69, 9.17) is 10.3 Å². The second kappa shape index (κ2) is 5.11. The molecule has 0 rings (SSSR count). The van der Waals surface area contributed by atoms with Crippen molar-refractivity contribution in [1.29, 1.82) is 0 Å². The third-order valence-electron chi connectivity index (χ3n) is 1.48. The zero-order valence-corrected chi connectivity index (χ0v) is 7.96. The second-order valence-electron chi connectivity index (χ2n) is 2.64. The van der Waals surface area contributed by atoms with Crippen molar-refractivity contribution < 1.29 is 17.8 Å². The highest BCUT2D eigenvalue weighted by atomic mass is 32.2. The van der Waals surface area contributed by atoms with E-state index >= 15 is 0 Å². The molecule has 3 N–H and O–H groups in total. The lowest BCUT2D eigenvalue weighted by Gasteiger charge is -2.05. The van der Waals surface area contributed by atoms with Crippen molar-refractivity contribution in [2.75, 3.05) is 5.75 Å². The largest absolute Gasteiger partial charge is 0.321 e. The molecule has 1 atom stereocenters. The molecule has 0 aromatic carbocycles. The monoisotopic (exact) mass is 207 g/mol. The minimum atomic E-state index is -3.94. The predicted octanol–water partition coefficient (Wildman–Crippen LogP) is -0.263. The van der Waals surface area contributed by atoms with Gasteiger partial charge in [0.15, 0.2) is 5.78 Å². The van der Waals surface area contributed by atoms with Crippen LogP contribution in [0.1, 0.15) is 12.8 Å². The molecule has 5 nitrogen and oxygen atoms in total. The Hall–Kier alpha value is -0.720. The molecule has 0 aliphatic rings. The van der Waals surface area contributed by atoms with Gasteiger partial charge in [0.05, 0.1) is 11.8 Å². The zero-order valence-electron chi connectivity index (χ0n) is 7.14. The standard InChI is InChI=1S/C7H13NO4S/c1-2-7(9)6(8)4-3-5-13(10,11)12/h2,6H,1,3-5,8H2,(H,10,11,12). The molecule has 0 aromatic heterocycles. The van der Waals surface area contributed by atoms with Crippen molar-refractivity contribution in [3.05, 3.63) is 12.7 Å². The van der Waals surface area contributed by atoms with Crippen LogP contribution in [-0.4, -0.2) is 30.5 Å². The molecule has 0 fully saturated rings. The van der Waals surface area contributed by atoms with Crippen molar-refractivity contribution in [2.24, 2.45) is 5.73 Å². The van der Waals surface area contributed by atoms with Crippen LogP contribution in [0.15, 0.2) is 12.7 Å². The van der Waals surface area contributed by atoms with Crippen LogP contribution < -0.4 is 5.73 Å². The molecule has 1 unspecified atom stereocenters. The maximum absolute atomic E-state index is 10.8. The van der Waals surface area contributed by atoms with Crippen LogP contribution in [0.3, 0.4) is 0 Å². The number of hydrogen-bond acceptors (Lipinski definition) is 4. The Bertz CT molecular complexity index is 283. The van der Waals surface area contributed by atoms with E-state index in [1.807, 2.05) is 0 Å². The molecule has 0 radical (unpaired) electrons. The highest BCUT2D eigenvalue weighted by Gasteiger charge is 2.11. The van der Waals surface area contributed by atoms with Gasteiger partial charge in [-0.25, -0.2) is 0 Å². The third kappa shape index (κ3) is 6.44. The van der Waals surface area contributed by atoms with Gasteiger partial charge in [-0.1, -0.05) is 6.58 Å². The molecular weight excluding hydrogens is 194 g/mol. The number of nitrogens with two attached hydrogens (primary N) is 1. The number of rotatable bonds is 6. The number of carbonyl (C=O) groups is 1. The Balaban J connectivity index is 3.78. The molecule has 0 saturated heterocycles. The molecule has 0 bridgehead atoms. The molecule has 76 valence electrons. The summed E-state index contributed by atoms with van der Waals surface area (Å²) >= 11 is 0. The van der Waals surface area contributed by atoms with E-state index in [1.54, 1.807) is 0 Å². The van der Waals surface area contributed by atoms with E-state index in [0.717, 1.165) is 6.08 Å². The first-order chi connectivity index (χ1) is 5.87. The molecule has 0 aliphatic carbocycles. The molecule has 0 aromatic rings. The van der Waals surface area contributed by atoms with Crippen molar-refractivity contribution >= 4 is 15.9 Å². The zero-order chi connectivity index (χ0) is 10.5. The van der Waals surface area contributed by atoms with Gasteiger partial charge in [0.1, 0.15) is 0 Å². The van der Waals surface area contributed by atoms with Gasteiger partial charge >= 0.3 is 0 Å². The van der Waals surface area contributed by atoms with Gasteiger partial charge in [-0.3, -0.25) is 9.35 Å². The fraction of sp³-hybridized carbons (Fsp3) is 0.571. The summed E-state index contributed by atoms with van der Waals surface area (Å²) < 4.78 is 28.9. The van der Waals surface area contributed by atoms with Gasteiger partial charge in [0, 0.05) is 0 Å². The predicted molar refractivity (Wildman–Crippen MR) is 48.8 cm³/mol. The molecular formula is C7H13NO4S. The van der Waals surface area contributed by atoms with E-state index in [2.05, 4.69) is 6.58 Å². The van der Waals surface area contributed by atoms with Gasteiger partial charge in [0.25, 0.3) is 10.1 Å². The summed E-state index contributed by atoms with van der Waals surface area (Å²) in [7, 11) is -3.94. The maximum Gasteiger partial charge on any atom is 0.264 e. The quantitative estimate of drug-likeness (QED) is 0.462. The molecule has 0 aliphatic heterocycles. The minimum absolute atomic E-state index is 0.166. The molecule has 0 amide bonds. The molecule has 13 heavy (non-hydrogen) atoms. The Morgan fingerprint density at radius 3 is 2.54 bits per heavy atom. The first-order valence-corrected chi connectivity index (χ1v) is 5.35. The summed E-state index contributed by atoms with van der Waals surface area (Å²) in [5.41, 5.74) is 5.36. The number of carbonyl (C=O) groups excluding carboxylic acids is 1. The normalized spacial score (nSPS) is 13.7. The maximum atomic E-state index is 10.8. The molecule has 0 heterocycles. The fourth-order valence-corrected chi connectivity index (χ4v) is 1.31. The van der Waals surface area contributed by atoms with Gasteiger partial charge in [0.2, 0.25) is 0 Å². The van der Waals surface area contributed by atoms with E-state index in [9.17, 15) is 13.2 Å². The Labute approximate surface area is 77.4 Å². The topological polar surface area (TPSA) is 97.5 Å². The summed E-state index contributed by atoms with van der Waals surface area (Å²) in [4.78, 5) is 10.8. The van der Waals surface area contributed by atoms with Crippen molar-refractivity contribution in [3.63, 3.8) is 0 Å². The van der Waals surface area contributed by atoms with Gasteiger partial charge in [-0.2, -0.15) is 8.42 Å². The molecule has 0 saturated carbocycles. The summed E-state index contributed by atoms with van der Waals surface area (Å²) in [5.74, 6) is -0.694. The highest BCUT2D eigenvalue weighted by molar-refractivity contribution is 7.85. The third-order valence-corrected chi connectivity index (χ3v) is 2.29. The number of hydrogen-bond donors (Lipinski definition) is 2. The fourth-order valence-electron chi connectivity index (χ4n) is 0.779. The van der Waals surface area contributed by atoms with Crippen LogP contribution in [0.4, 0.5) is 0 Å². The van der Waals surface area contributed by atoms with Crippen LogP contribution in [0.5, 0.6) is 0 Å². The SMILES string of the molecule is C=CC(=O)C(N)CCCS(=O)(=O)O. The summed E-state index contributed by atoms with van der Waals surface area (Å²) in [6.07, 6.45) is 1.49. The average molecular weight is 207 g/mol. The van der Waals surface area contributed by atoms with Crippen molar-refractivity contribution in [2.45, 2.75) is 18.9 Å². The number of ketones is 1. The van der Waals surface area contributed by atoms with Crippen LogP contribution in [0, 0.1) is 0 Å². The first-order valence-electron chi connectivity index (χ1n) is 3.74. The van der Waals surface area contributed by atoms with E-state index in [0.29, 0.717) is 0 Å². The summed E-state index contributed by atoms with van der Waals surface area (Å²) in [5, 5.41) is 0. The lowest BCUT2D eigenvalue weighted by molar-refractivity contribution is -0.115. The Morgan fingerprint density at radius 1 is 1.62 bits per heavy atom. The Morgan fingerprint density at radius 2 is 2.15 bits per heavy atom. The molecule has 0 spiro atoms. The van der Waals surface area contributed by atoms with Gasteiger partial charge in [-0.05, 0) is 18.9 Å². The van der Waals surface area contributed by atoms with Crippen LogP contribution in [-0.2, 0) is 14.9 Å². The van der Waals surface area contributed by atoms with Gasteiger partial charge < -0.3 is 5.73 Å². The smallest absolute Gasteiger partial charge is 0.264 e. The average Bonchev–Trinajstić information content (AvgIpc) is 2.00. The summed E-state index contributed by atoms with van der Waals surface area (Å²) in [6, 6.07) is -0.723. The van der Waals surface area contributed by atoms with Crippen molar-refractivity contribution in [1.82, 2.24) is 0 Å². The van der Waals surface area contributed by atoms with Crippen molar-refractivity contribution in [3.8, 4) is 0 Å². The lowest BCUT2D eigenvalue weighted by Crippen LogP contribution is -2.29.